The zero-order valence-corrected chi connectivity index (χ0v) is 15.0. The quantitative estimate of drug-likeness (QED) is 0.779. The number of nitrogens with zero attached hydrogens (tertiary/aromatic N) is 2. The number of hydrogen-bond acceptors (Lipinski definition) is 3. The van der Waals surface area contributed by atoms with Crippen molar-refractivity contribution < 1.29 is 9.59 Å². The van der Waals surface area contributed by atoms with Crippen molar-refractivity contribution in [3.63, 3.8) is 0 Å². The molecule has 0 radical (unpaired) electrons. The summed E-state index contributed by atoms with van der Waals surface area (Å²) in [6.07, 6.45) is 0. The summed E-state index contributed by atoms with van der Waals surface area (Å²) in [7, 11) is 0. The van der Waals surface area contributed by atoms with Gasteiger partial charge in [-0.3, -0.25) is 9.69 Å². The Morgan fingerprint density at radius 1 is 1.00 bits per heavy atom. The van der Waals surface area contributed by atoms with Crippen molar-refractivity contribution in [2.24, 2.45) is 0 Å². The molecule has 0 aliphatic carbocycles. The summed E-state index contributed by atoms with van der Waals surface area (Å²) in [4.78, 5) is 25.7. The van der Waals surface area contributed by atoms with Gasteiger partial charge < -0.3 is 5.32 Å². The summed E-state index contributed by atoms with van der Waals surface area (Å²) in [5.74, 6) is -0.251. The van der Waals surface area contributed by atoms with Gasteiger partial charge in [0.25, 0.3) is 5.91 Å². The number of carbonyl (C=O) groups is 2. The van der Waals surface area contributed by atoms with Crippen molar-refractivity contribution in [2.45, 2.75) is 0 Å². The Bertz CT molecular complexity index is 827. The van der Waals surface area contributed by atoms with Crippen LogP contribution in [0.3, 0.4) is 0 Å². The number of hydrazine groups is 1. The summed E-state index contributed by atoms with van der Waals surface area (Å²) >= 11 is 16.9. The number of rotatable bonds is 3. The first-order chi connectivity index (χ1) is 11.9. The van der Waals surface area contributed by atoms with Gasteiger partial charge in [0.1, 0.15) is 6.54 Å². The lowest BCUT2D eigenvalue weighted by Crippen LogP contribution is -2.46. The molecule has 128 valence electrons. The highest BCUT2D eigenvalue weighted by Gasteiger charge is 2.35. The van der Waals surface area contributed by atoms with Crippen LogP contribution in [0, 0.1) is 0 Å². The second-order valence-electron chi connectivity index (χ2n) is 5.15. The van der Waals surface area contributed by atoms with E-state index in [0.29, 0.717) is 21.4 Å². The first-order valence-electron chi connectivity index (χ1n) is 7.17. The smallest absolute Gasteiger partial charge is 0.307 e. The number of urea groups is 1. The first-order valence-corrected chi connectivity index (χ1v) is 8.34. The molecule has 6 nitrogen and oxygen atoms in total. The molecule has 0 spiro atoms. The molecule has 2 aromatic carbocycles. The number of anilines is 2. The molecule has 0 unspecified atom stereocenters. The zero-order valence-electron chi connectivity index (χ0n) is 12.7. The molecule has 1 fully saturated rings. The molecule has 0 atom stereocenters. The topological polar surface area (TPSA) is 64.7 Å². The van der Waals surface area contributed by atoms with Crippen LogP contribution in [0.4, 0.5) is 16.2 Å². The molecule has 1 saturated heterocycles. The van der Waals surface area contributed by atoms with Gasteiger partial charge in [-0.1, -0.05) is 23.2 Å². The average Bonchev–Trinajstić information content (AvgIpc) is 2.84. The van der Waals surface area contributed by atoms with Crippen LogP contribution in [0.15, 0.2) is 48.5 Å². The number of halogens is 2. The molecule has 1 aliphatic heterocycles. The van der Waals surface area contributed by atoms with E-state index in [-0.39, 0.29) is 17.6 Å². The first kappa shape index (κ1) is 17.5. The van der Waals surface area contributed by atoms with E-state index in [1.807, 2.05) is 0 Å². The molecule has 3 rings (SSSR count). The minimum atomic E-state index is -0.518. The highest BCUT2D eigenvalue weighted by atomic mass is 35.5. The van der Waals surface area contributed by atoms with Crippen molar-refractivity contribution >= 4 is 63.8 Å². The van der Waals surface area contributed by atoms with Crippen LogP contribution in [-0.2, 0) is 4.79 Å². The Balaban J connectivity index is 1.66. The van der Waals surface area contributed by atoms with Crippen molar-refractivity contribution in [3.05, 3.63) is 58.6 Å². The monoisotopic (exact) mass is 394 g/mol. The van der Waals surface area contributed by atoms with Crippen molar-refractivity contribution in [1.82, 2.24) is 10.4 Å². The maximum atomic E-state index is 12.2. The van der Waals surface area contributed by atoms with E-state index in [1.165, 1.54) is 9.91 Å². The minimum absolute atomic E-state index is 0.0600. The summed E-state index contributed by atoms with van der Waals surface area (Å²) in [5.41, 5.74) is 3.70. The molecular formula is C16H12Cl2N4O2S. The van der Waals surface area contributed by atoms with Gasteiger partial charge in [0.05, 0.1) is 5.69 Å². The Kier molecular flexibility index (Phi) is 5.08. The number of nitrogens with one attached hydrogen (secondary N) is 2. The predicted octanol–water partition coefficient (Wildman–Crippen LogP) is 3.66. The maximum absolute atomic E-state index is 12.2. The van der Waals surface area contributed by atoms with Gasteiger partial charge in [-0.05, 0) is 60.7 Å². The summed E-state index contributed by atoms with van der Waals surface area (Å²) in [5, 5.41) is 5.24. The summed E-state index contributed by atoms with van der Waals surface area (Å²) in [6, 6.07) is 12.8. The van der Waals surface area contributed by atoms with Crippen LogP contribution in [0.5, 0.6) is 0 Å². The van der Waals surface area contributed by atoms with Crippen molar-refractivity contribution in [2.75, 3.05) is 16.8 Å². The van der Waals surface area contributed by atoms with Gasteiger partial charge in [0.15, 0.2) is 0 Å². The fourth-order valence-electron chi connectivity index (χ4n) is 2.25. The van der Waals surface area contributed by atoms with Gasteiger partial charge >= 0.3 is 6.03 Å². The molecule has 1 heterocycles. The van der Waals surface area contributed by atoms with Crippen LogP contribution < -0.4 is 15.6 Å². The number of hydrogen-bond donors (Lipinski definition) is 2. The number of thiocarbonyl (C=S) groups is 1. The Hall–Kier alpha value is -2.35. The Morgan fingerprint density at radius 2 is 1.56 bits per heavy atom. The second kappa shape index (κ2) is 7.26. The molecule has 0 saturated carbocycles. The Labute approximate surface area is 159 Å². The van der Waals surface area contributed by atoms with Gasteiger partial charge in [-0.2, -0.15) is 0 Å². The van der Waals surface area contributed by atoms with E-state index < -0.39 is 6.03 Å². The summed E-state index contributed by atoms with van der Waals surface area (Å²) < 4.78 is 0. The van der Waals surface area contributed by atoms with Crippen LogP contribution in [-0.4, -0.2) is 28.6 Å². The molecule has 2 N–H and O–H groups in total. The normalized spacial score (nSPS) is 14.0. The van der Waals surface area contributed by atoms with E-state index >= 15 is 0 Å². The van der Waals surface area contributed by atoms with E-state index in [4.69, 9.17) is 35.4 Å². The largest absolute Gasteiger partial charge is 0.338 e. The third-order valence-electron chi connectivity index (χ3n) is 3.39. The lowest BCUT2D eigenvalue weighted by molar-refractivity contribution is -0.116. The average molecular weight is 395 g/mol. The molecule has 1 aliphatic rings. The molecule has 0 aromatic heterocycles. The maximum Gasteiger partial charge on any atom is 0.338 e. The standard InChI is InChI=1S/C16H12Cl2N4O2S/c17-10-1-5-12(6-2-10)19-15(24)20-21-9-14(23)22(16(21)25)13-7-3-11(18)4-8-13/h1-8H,9H2,(H2,19,20,24). The number of carbonyl (C=O) groups excluding carboxylic acids is 2. The predicted molar refractivity (Wildman–Crippen MR) is 102 cm³/mol. The highest BCUT2D eigenvalue weighted by molar-refractivity contribution is 7.80. The molecule has 2 aromatic rings. The zero-order chi connectivity index (χ0) is 18.0. The van der Waals surface area contributed by atoms with Crippen LogP contribution in [0.2, 0.25) is 10.0 Å². The fourth-order valence-corrected chi connectivity index (χ4v) is 2.82. The SMILES string of the molecule is O=C(Nc1ccc(Cl)cc1)NN1CC(=O)N(c2ccc(Cl)cc2)C1=S. The van der Waals surface area contributed by atoms with Gasteiger partial charge in [-0.25, -0.2) is 15.2 Å². The number of amides is 3. The minimum Gasteiger partial charge on any atom is -0.307 e. The molecule has 25 heavy (non-hydrogen) atoms. The Morgan fingerprint density at radius 3 is 2.16 bits per heavy atom. The van der Waals surface area contributed by atoms with E-state index in [2.05, 4.69) is 10.7 Å². The van der Waals surface area contributed by atoms with Gasteiger partial charge in [0, 0.05) is 15.7 Å². The van der Waals surface area contributed by atoms with E-state index in [0.717, 1.165) is 0 Å². The summed E-state index contributed by atoms with van der Waals surface area (Å²) in [6.45, 7) is -0.0600. The van der Waals surface area contributed by atoms with E-state index in [1.54, 1.807) is 48.5 Å². The van der Waals surface area contributed by atoms with Crippen LogP contribution in [0.25, 0.3) is 0 Å². The number of benzene rings is 2. The highest BCUT2D eigenvalue weighted by Crippen LogP contribution is 2.22. The molecule has 0 bridgehead atoms. The van der Waals surface area contributed by atoms with Crippen molar-refractivity contribution in [3.8, 4) is 0 Å². The van der Waals surface area contributed by atoms with Gasteiger partial charge in [0.2, 0.25) is 5.11 Å². The fraction of sp³-hybridized carbons (Fsp3) is 0.0625. The molecule has 9 heteroatoms. The van der Waals surface area contributed by atoms with Gasteiger partial charge in [-0.15, -0.1) is 0 Å². The lowest BCUT2D eigenvalue weighted by Gasteiger charge is -2.21. The molecule has 3 amide bonds. The third-order valence-corrected chi connectivity index (χ3v) is 4.30. The third kappa shape index (κ3) is 4.01. The van der Waals surface area contributed by atoms with Crippen molar-refractivity contribution in [1.29, 1.82) is 0 Å². The second-order valence-corrected chi connectivity index (χ2v) is 6.39. The van der Waals surface area contributed by atoms with Crippen LogP contribution >= 0.6 is 35.4 Å². The van der Waals surface area contributed by atoms with Crippen LogP contribution in [0.1, 0.15) is 0 Å². The van der Waals surface area contributed by atoms with E-state index in [9.17, 15) is 9.59 Å². The lowest BCUT2D eigenvalue weighted by atomic mass is 10.3. The molecular weight excluding hydrogens is 383 g/mol.